The van der Waals surface area contributed by atoms with Gasteiger partial charge in [-0.1, -0.05) is 23.8 Å². The van der Waals surface area contributed by atoms with Crippen LogP contribution in [-0.4, -0.2) is 35.3 Å². The topological polar surface area (TPSA) is 34.5 Å². The average Bonchev–Trinajstić information content (AvgIpc) is 3.09. The molecule has 0 spiro atoms. The fourth-order valence-corrected chi connectivity index (χ4v) is 3.79. The number of likely N-dealkylation sites (tertiary alicyclic amines) is 1. The maximum Gasteiger partial charge on any atom is 0.255 e. The quantitative estimate of drug-likeness (QED) is 0.667. The molecular weight excluding hydrogens is 355 g/mol. The van der Waals surface area contributed by atoms with Crippen molar-refractivity contribution in [1.82, 2.24) is 9.47 Å². The zero-order valence-corrected chi connectivity index (χ0v) is 16.1. The summed E-state index contributed by atoms with van der Waals surface area (Å²) in [7, 11) is 3.62. The number of aromatic nitrogens is 1. The molecule has 3 aromatic rings. The van der Waals surface area contributed by atoms with Gasteiger partial charge in [-0.2, -0.15) is 0 Å². The van der Waals surface area contributed by atoms with Crippen LogP contribution in [0, 0.1) is 5.82 Å². The van der Waals surface area contributed by atoms with Crippen molar-refractivity contribution in [2.24, 2.45) is 7.05 Å². The maximum absolute atomic E-state index is 13.1. The Hall–Kier alpha value is -2.92. The lowest BCUT2D eigenvalue weighted by atomic mass is 9.98. The summed E-state index contributed by atoms with van der Waals surface area (Å²) in [5.41, 5.74) is 3.93. The van der Waals surface area contributed by atoms with Gasteiger partial charge in [0.2, 0.25) is 0 Å². The number of piperidine rings is 1. The lowest BCUT2D eigenvalue weighted by molar-refractivity contribution is -0.0284. The Bertz CT molecular complexity index is 1040. The van der Waals surface area contributed by atoms with Crippen molar-refractivity contribution in [3.8, 4) is 0 Å². The van der Waals surface area contributed by atoms with Gasteiger partial charge < -0.3 is 14.2 Å². The number of carbonyl (C=O) groups is 1. The van der Waals surface area contributed by atoms with Gasteiger partial charge in [0, 0.05) is 49.8 Å². The van der Waals surface area contributed by atoms with Gasteiger partial charge in [-0.05, 0) is 48.4 Å². The number of hydrogen-bond acceptors (Lipinski definition) is 2. The van der Waals surface area contributed by atoms with Gasteiger partial charge in [0.25, 0.3) is 5.91 Å². The van der Waals surface area contributed by atoms with E-state index in [0.29, 0.717) is 18.5 Å². The zero-order valence-electron chi connectivity index (χ0n) is 16.1. The van der Waals surface area contributed by atoms with Crippen LogP contribution in [-0.2, 0) is 11.8 Å². The number of ether oxygens (including phenoxy) is 1. The number of rotatable bonds is 3. The van der Waals surface area contributed by atoms with E-state index < -0.39 is 0 Å². The van der Waals surface area contributed by atoms with Gasteiger partial charge >= 0.3 is 0 Å². The van der Waals surface area contributed by atoms with E-state index in [1.165, 1.54) is 17.7 Å². The molecule has 144 valence electrons. The predicted molar refractivity (Wildman–Crippen MR) is 108 cm³/mol. The van der Waals surface area contributed by atoms with Crippen LogP contribution in [0.3, 0.4) is 0 Å². The molecule has 4 rings (SSSR count). The van der Waals surface area contributed by atoms with Gasteiger partial charge in [0.05, 0.1) is 0 Å². The molecule has 1 atom stereocenters. The number of aryl methyl sites for hydroxylation is 1. The normalized spacial score (nSPS) is 18.8. The van der Waals surface area contributed by atoms with Crippen molar-refractivity contribution in [2.75, 3.05) is 13.7 Å². The third-order valence-corrected chi connectivity index (χ3v) is 5.36. The highest BCUT2D eigenvalue weighted by molar-refractivity contribution is 5.98. The molecule has 0 N–H and O–H groups in total. The smallest absolute Gasteiger partial charge is 0.255 e. The third kappa shape index (κ3) is 3.58. The Morgan fingerprint density at radius 2 is 1.96 bits per heavy atom. The van der Waals surface area contributed by atoms with Gasteiger partial charge in [-0.25, -0.2) is 4.39 Å². The highest BCUT2D eigenvalue weighted by Crippen LogP contribution is 2.27. The van der Waals surface area contributed by atoms with E-state index in [4.69, 9.17) is 4.74 Å². The summed E-state index contributed by atoms with van der Waals surface area (Å²) in [6.45, 7) is 0.594. The molecule has 1 saturated heterocycles. The molecule has 4 nitrogen and oxygen atoms in total. The first-order chi connectivity index (χ1) is 13.5. The van der Waals surface area contributed by atoms with Crippen molar-refractivity contribution < 1.29 is 13.9 Å². The Kier molecular flexibility index (Phi) is 5.01. The van der Waals surface area contributed by atoms with Crippen LogP contribution in [0.2, 0.25) is 0 Å². The SMILES string of the molecule is COC1CC(=Cc2ccc(F)cc2)CCN1C(=O)c1ccc2c(ccn2C)c1. The molecule has 1 aliphatic rings. The van der Waals surface area contributed by atoms with Crippen molar-refractivity contribution in [3.63, 3.8) is 0 Å². The van der Waals surface area contributed by atoms with Gasteiger partial charge in [-0.3, -0.25) is 4.79 Å². The fraction of sp³-hybridized carbons (Fsp3) is 0.261. The highest BCUT2D eigenvalue weighted by Gasteiger charge is 2.29. The summed E-state index contributed by atoms with van der Waals surface area (Å²) in [6, 6.07) is 14.2. The standard InChI is InChI=1S/C23H23FN2O2/c1-25-11-10-18-15-19(5-8-21(18)25)23(27)26-12-9-17(14-22(26)28-2)13-16-3-6-20(24)7-4-16/h3-8,10-11,13,15,22H,9,12,14H2,1-2H3. The van der Waals surface area contributed by atoms with Crippen molar-refractivity contribution >= 4 is 22.9 Å². The molecular formula is C23H23FN2O2. The summed E-state index contributed by atoms with van der Waals surface area (Å²) >= 11 is 0. The van der Waals surface area contributed by atoms with Crippen LogP contribution >= 0.6 is 0 Å². The average molecular weight is 378 g/mol. The molecule has 2 heterocycles. The van der Waals surface area contributed by atoms with Crippen LogP contribution in [0.5, 0.6) is 0 Å². The summed E-state index contributed by atoms with van der Waals surface area (Å²) in [6.07, 6.45) is 5.16. The molecule has 5 heteroatoms. The van der Waals surface area contributed by atoms with Crippen molar-refractivity contribution in [1.29, 1.82) is 0 Å². The summed E-state index contributed by atoms with van der Waals surface area (Å²) in [4.78, 5) is 14.9. The minimum atomic E-state index is -0.306. The van der Waals surface area contributed by atoms with Crippen LogP contribution < -0.4 is 0 Å². The van der Waals surface area contributed by atoms with E-state index in [1.54, 1.807) is 24.1 Å². The van der Waals surface area contributed by atoms with Gasteiger partial charge in [0.15, 0.2) is 0 Å². The van der Waals surface area contributed by atoms with E-state index in [0.717, 1.165) is 22.9 Å². The highest BCUT2D eigenvalue weighted by atomic mass is 19.1. The molecule has 1 amide bonds. The molecule has 0 aliphatic carbocycles. The molecule has 1 aromatic heterocycles. The number of halogens is 1. The Morgan fingerprint density at radius 3 is 2.71 bits per heavy atom. The maximum atomic E-state index is 13.1. The molecule has 2 aromatic carbocycles. The van der Waals surface area contributed by atoms with Gasteiger partial charge in [0.1, 0.15) is 12.0 Å². The van der Waals surface area contributed by atoms with E-state index in [1.807, 2.05) is 42.1 Å². The molecule has 0 saturated carbocycles. The van der Waals surface area contributed by atoms with Crippen molar-refractivity contribution in [3.05, 3.63) is 77.2 Å². The number of nitrogens with zero attached hydrogens (tertiary/aromatic N) is 2. The minimum Gasteiger partial charge on any atom is -0.361 e. The summed E-state index contributed by atoms with van der Waals surface area (Å²) in [5.74, 6) is -0.258. The number of methoxy groups -OCH3 is 1. The van der Waals surface area contributed by atoms with E-state index in [-0.39, 0.29) is 18.0 Å². The van der Waals surface area contributed by atoms with Crippen LogP contribution in [0.1, 0.15) is 28.8 Å². The lowest BCUT2D eigenvalue weighted by Crippen LogP contribution is -2.45. The molecule has 0 radical (unpaired) electrons. The lowest BCUT2D eigenvalue weighted by Gasteiger charge is -2.36. The minimum absolute atomic E-state index is 0.0153. The first-order valence-corrected chi connectivity index (χ1v) is 9.39. The van der Waals surface area contributed by atoms with Crippen molar-refractivity contribution in [2.45, 2.75) is 19.1 Å². The number of hydrogen-bond donors (Lipinski definition) is 0. The Morgan fingerprint density at radius 1 is 1.18 bits per heavy atom. The van der Waals surface area contributed by atoms with Gasteiger partial charge in [-0.15, -0.1) is 0 Å². The van der Waals surface area contributed by atoms with E-state index in [2.05, 4.69) is 6.08 Å². The number of fused-ring (bicyclic) bond motifs is 1. The molecule has 1 aliphatic heterocycles. The summed E-state index contributed by atoms with van der Waals surface area (Å²) in [5, 5.41) is 1.05. The third-order valence-electron chi connectivity index (χ3n) is 5.36. The monoisotopic (exact) mass is 378 g/mol. The van der Waals surface area contributed by atoms with Crippen LogP contribution in [0.4, 0.5) is 4.39 Å². The second-order valence-corrected chi connectivity index (χ2v) is 7.20. The molecule has 1 fully saturated rings. The molecule has 1 unspecified atom stereocenters. The summed E-state index contributed by atoms with van der Waals surface area (Å²) < 4.78 is 20.8. The number of carbonyl (C=O) groups excluding carboxylic acids is 1. The number of amides is 1. The van der Waals surface area contributed by atoms with E-state index in [9.17, 15) is 9.18 Å². The number of benzene rings is 2. The predicted octanol–water partition coefficient (Wildman–Crippen LogP) is 4.61. The first-order valence-electron chi connectivity index (χ1n) is 9.39. The molecule has 0 bridgehead atoms. The van der Waals surface area contributed by atoms with Crippen LogP contribution in [0.25, 0.3) is 17.0 Å². The Labute approximate surface area is 163 Å². The zero-order chi connectivity index (χ0) is 19.7. The Balaban J connectivity index is 1.53. The second kappa shape index (κ2) is 7.60. The first kappa shape index (κ1) is 18.4. The second-order valence-electron chi connectivity index (χ2n) is 7.20. The van der Waals surface area contributed by atoms with Crippen LogP contribution in [0.15, 0.2) is 60.3 Å². The van der Waals surface area contributed by atoms with E-state index >= 15 is 0 Å². The molecule has 28 heavy (non-hydrogen) atoms. The largest absolute Gasteiger partial charge is 0.361 e. The fourth-order valence-electron chi connectivity index (χ4n) is 3.79.